The zero-order valence-electron chi connectivity index (χ0n) is 10.3. The van der Waals surface area contributed by atoms with Crippen LogP contribution in [0.3, 0.4) is 0 Å². The molecule has 0 atom stereocenters. The summed E-state index contributed by atoms with van der Waals surface area (Å²) in [5.74, 6) is -5.35. The minimum Gasteiger partial charge on any atom is -0.322 e. The number of carbonyl (C=O) groups is 1. The van der Waals surface area contributed by atoms with Crippen LogP contribution in [-0.4, -0.2) is 5.91 Å². The second kappa shape index (κ2) is 5.66. The fraction of sp³-hybridized carbons (Fsp3) is 0.0714. The summed E-state index contributed by atoms with van der Waals surface area (Å²) in [5.41, 5.74) is 0.743. The van der Waals surface area contributed by atoms with E-state index in [9.17, 15) is 18.0 Å². The van der Waals surface area contributed by atoms with Gasteiger partial charge in [0.05, 0.1) is 5.56 Å². The maximum absolute atomic E-state index is 13.5. The van der Waals surface area contributed by atoms with Gasteiger partial charge in [0.15, 0.2) is 17.5 Å². The number of hydrogen-bond donors (Lipinski definition) is 1. The predicted octanol–water partition coefficient (Wildman–Crippen LogP) is 4.43. The molecule has 1 N–H and O–H groups in total. The third kappa shape index (κ3) is 3.01. The fourth-order valence-electron chi connectivity index (χ4n) is 1.71. The zero-order valence-corrected chi connectivity index (χ0v) is 11.9. The van der Waals surface area contributed by atoms with Gasteiger partial charge >= 0.3 is 0 Å². The van der Waals surface area contributed by atoms with Gasteiger partial charge in [-0.15, -0.1) is 0 Å². The number of rotatable bonds is 2. The van der Waals surface area contributed by atoms with Crippen LogP contribution in [0.25, 0.3) is 0 Å². The first kappa shape index (κ1) is 14.6. The lowest BCUT2D eigenvalue weighted by molar-refractivity contribution is 0.102. The Bertz CT molecular complexity index is 668. The van der Waals surface area contributed by atoms with E-state index < -0.39 is 28.9 Å². The molecular formula is C14H9BrF3NO. The molecule has 2 nitrogen and oxygen atoms in total. The van der Waals surface area contributed by atoms with E-state index in [1.807, 2.05) is 13.0 Å². The van der Waals surface area contributed by atoms with Crippen LogP contribution in [0.2, 0.25) is 0 Å². The molecule has 0 saturated heterocycles. The molecule has 104 valence electrons. The van der Waals surface area contributed by atoms with Crippen LogP contribution in [0.1, 0.15) is 15.9 Å². The van der Waals surface area contributed by atoms with E-state index in [1.165, 1.54) is 0 Å². The molecule has 2 aromatic carbocycles. The van der Waals surface area contributed by atoms with Crippen LogP contribution in [-0.2, 0) is 0 Å². The van der Waals surface area contributed by atoms with Crippen LogP contribution in [0, 0.1) is 24.4 Å². The summed E-state index contributed by atoms with van der Waals surface area (Å²) < 4.78 is 40.1. The molecular weight excluding hydrogens is 335 g/mol. The van der Waals surface area contributed by atoms with Gasteiger partial charge in [0.2, 0.25) is 0 Å². The van der Waals surface area contributed by atoms with Gasteiger partial charge in [0, 0.05) is 10.2 Å². The largest absolute Gasteiger partial charge is 0.322 e. The van der Waals surface area contributed by atoms with E-state index in [2.05, 4.69) is 21.2 Å². The summed E-state index contributed by atoms with van der Waals surface area (Å²) >= 11 is 3.26. The van der Waals surface area contributed by atoms with Crippen molar-refractivity contribution in [3.8, 4) is 0 Å². The number of amides is 1. The fourth-order valence-corrected chi connectivity index (χ4v) is 2.32. The third-order valence-corrected chi connectivity index (χ3v) is 3.04. The molecule has 0 aliphatic rings. The van der Waals surface area contributed by atoms with Crippen LogP contribution in [0.15, 0.2) is 34.8 Å². The Balaban J connectivity index is 2.31. The summed E-state index contributed by atoms with van der Waals surface area (Å²) in [4.78, 5) is 11.9. The van der Waals surface area contributed by atoms with Gasteiger partial charge in [-0.25, -0.2) is 13.2 Å². The average Bonchev–Trinajstić information content (AvgIpc) is 2.34. The molecule has 0 aliphatic carbocycles. The molecule has 0 unspecified atom stereocenters. The number of aryl methyl sites for hydroxylation is 1. The quantitative estimate of drug-likeness (QED) is 0.803. The van der Waals surface area contributed by atoms with Crippen molar-refractivity contribution in [3.63, 3.8) is 0 Å². The molecule has 0 aliphatic heterocycles. The van der Waals surface area contributed by atoms with E-state index in [1.54, 1.807) is 12.1 Å². The Morgan fingerprint density at radius 3 is 2.45 bits per heavy atom. The van der Waals surface area contributed by atoms with E-state index in [0.717, 1.165) is 16.1 Å². The lowest BCUT2D eigenvalue weighted by Crippen LogP contribution is -2.15. The molecule has 1 amide bonds. The normalized spacial score (nSPS) is 10.4. The topological polar surface area (TPSA) is 29.1 Å². The van der Waals surface area contributed by atoms with Gasteiger partial charge in [-0.1, -0.05) is 15.9 Å². The molecule has 0 saturated carbocycles. The molecule has 0 heterocycles. The van der Waals surface area contributed by atoms with Crippen LogP contribution in [0.5, 0.6) is 0 Å². The van der Waals surface area contributed by atoms with E-state index >= 15 is 0 Å². The Morgan fingerprint density at radius 1 is 1.10 bits per heavy atom. The number of nitrogens with one attached hydrogen (secondary N) is 1. The number of hydrogen-bond acceptors (Lipinski definition) is 1. The summed E-state index contributed by atoms with van der Waals surface area (Å²) in [6.07, 6.45) is 0. The third-order valence-electron chi connectivity index (χ3n) is 2.58. The standard InChI is InChI=1S/C14H9BrF3NO/c1-7-4-8(15)6-9(5-7)19-14(20)10-2-3-11(16)13(18)12(10)17/h2-6H,1H3,(H,19,20). The van der Waals surface area contributed by atoms with Crippen molar-refractivity contribution in [2.45, 2.75) is 6.92 Å². The van der Waals surface area contributed by atoms with Crippen molar-refractivity contribution in [3.05, 3.63) is 63.4 Å². The highest BCUT2D eigenvalue weighted by molar-refractivity contribution is 9.10. The van der Waals surface area contributed by atoms with Gasteiger partial charge in [-0.2, -0.15) is 0 Å². The second-order valence-electron chi connectivity index (χ2n) is 4.19. The van der Waals surface area contributed by atoms with Gasteiger partial charge in [0.25, 0.3) is 5.91 Å². The Morgan fingerprint density at radius 2 is 1.80 bits per heavy atom. The Labute approximate surface area is 121 Å². The van der Waals surface area contributed by atoms with E-state index in [-0.39, 0.29) is 0 Å². The highest BCUT2D eigenvalue weighted by atomic mass is 79.9. The molecule has 2 rings (SSSR count). The maximum atomic E-state index is 13.5. The van der Waals surface area contributed by atoms with Crippen LogP contribution >= 0.6 is 15.9 Å². The number of halogens is 4. The van der Waals surface area contributed by atoms with E-state index in [4.69, 9.17) is 0 Å². The summed E-state index contributed by atoms with van der Waals surface area (Å²) in [6, 6.07) is 6.71. The molecule has 0 aromatic heterocycles. The van der Waals surface area contributed by atoms with Gasteiger partial charge in [0.1, 0.15) is 0 Å². The van der Waals surface area contributed by atoms with Crippen molar-refractivity contribution in [2.24, 2.45) is 0 Å². The minimum absolute atomic E-state index is 0.422. The molecule has 2 aromatic rings. The van der Waals surface area contributed by atoms with Crippen molar-refractivity contribution in [1.29, 1.82) is 0 Å². The molecule has 0 spiro atoms. The Hall–Kier alpha value is -1.82. The summed E-state index contributed by atoms with van der Waals surface area (Å²) in [5, 5.41) is 2.43. The number of benzene rings is 2. The summed E-state index contributed by atoms with van der Waals surface area (Å²) in [7, 11) is 0. The monoisotopic (exact) mass is 343 g/mol. The SMILES string of the molecule is Cc1cc(Br)cc(NC(=O)c2ccc(F)c(F)c2F)c1. The summed E-state index contributed by atoms with van der Waals surface area (Å²) in [6.45, 7) is 1.82. The highest BCUT2D eigenvalue weighted by Gasteiger charge is 2.18. The maximum Gasteiger partial charge on any atom is 0.258 e. The number of carbonyl (C=O) groups excluding carboxylic acids is 1. The zero-order chi connectivity index (χ0) is 14.9. The molecule has 20 heavy (non-hydrogen) atoms. The number of anilines is 1. The molecule has 0 fully saturated rings. The van der Waals surface area contributed by atoms with Crippen molar-refractivity contribution >= 4 is 27.5 Å². The first-order valence-electron chi connectivity index (χ1n) is 5.60. The van der Waals surface area contributed by atoms with Crippen molar-refractivity contribution in [2.75, 3.05) is 5.32 Å². The van der Waals surface area contributed by atoms with Crippen molar-refractivity contribution < 1.29 is 18.0 Å². The van der Waals surface area contributed by atoms with Crippen LogP contribution < -0.4 is 5.32 Å². The lowest BCUT2D eigenvalue weighted by Gasteiger charge is -2.08. The molecule has 6 heteroatoms. The minimum atomic E-state index is -1.66. The average molecular weight is 344 g/mol. The van der Waals surface area contributed by atoms with Crippen LogP contribution in [0.4, 0.5) is 18.9 Å². The predicted molar refractivity (Wildman–Crippen MR) is 73.1 cm³/mol. The molecule has 0 bridgehead atoms. The van der Waals surface area contributed by atoms with Gasteiger partial charge in [-0.05, 0) is 42.8 Å². The first-order chi connectivity index (χ1) is 9.38. The van der Waals surface area contributed by atoms with Gasteiger partial charge in [-0.3, -0.25) is 4.79 Å². The van der Waals surface area contributed by atoms with Crippen molar-refractivity contribution in [1.82, 2.24) is 0 Å². The van der Waals surface area contributed by atoms with E-state index in [0.29, 0.717) is 11.8 Å². The van der Waals surface area contributed by atoms with Gasteiger partial charge < -0.3 is 5.32 Å². The lowest BCUT2D eigenvalue weighted by atomic mass is 10.1. The Kier molecular flexibility index (Phi) is 4.13. The second-order valence-corrected chi connectivity index (χ2v) is 5.11. The molecule has 0 radical (unpaired) electrons. The smallest absolute Gasteiger partial charge is 0.258 e. The highest BCUT2D eigenvalue weighted by Crippen LogP contribution is 2.21. The first-order valence-corrected chi connectivity index (χ1v) is 6.40.